The quantitative estimate of drug-likeness (QED) is 0.579. The maximum absolute atomic E-state index is 12.5. The molecule has 1 atom stereocenters. The lowest BCUT2D eigenvalue weighted by Gasteiger charge is -2.06. The first-order valence-corrected chi connectivity index (χ1v) is 4.14. The third-order valence-corrected chi connectivity index (χ3v) is 1.80. The summed E-state index contributed by atoms with van der Waals surface area (Å²) in [6.45, 7) is 0. The number of terminal acetylenes is 1. The topological polar surface area (TPSA) is 43.1 Å². The summed E-state index contributed by atoms with van der Waals surface area (Å²) in [5.74, 6) is 1.67. The number of halogens is 1. The van der Waals surface area contributed by atoms with Gasteiger partial charge in [0.15, 0.2) is 5.78 Å². The van der Waals surface area contributed by atoms with Crippen LogP contribution in [0.25, 0.3) is 0 Å². The highest BCUT2D eigenvalue weighted by molar-refractivity contribution is 6.00. The molecule has 3 heteroatoms. The highest BCUT2D eigenvalue weighted by Crippen LogP contribution is 2.06. The third kappa shape index (κ3) is 2.41. The number of carbonyl (C=O) groups excluding carboxylic acids is 1. The first-order valence-electron chi connectivity index (χ1n) is 4.14. The largest absolute Gasteiger partial charge is 0.320 e. The van der Waals surface area contributed by atoms with E-state index < -0.39 is 6.04 Å². The molecule has 0 saturated heterocycles. The predicted molar refractivity (Wildman–Crippen MR) is 52.2 cm³/mol. The summed E-state index contributed by atoms with van der Waals surface area (Å²) >= 11 is 0. The number of carbonyl (C=O) groups is 1. The molecule has 2 N–H and O–H groups in total. The Labute approximate surface area is 81.9 Å². The van der Waals surface area contributed by atoms with Crippen molar-refractivity contribution in [3.05, 3.63) is 35.6 Å². The van der Waals surface area contributed by atoms with E-state index in [1.807, 2.05) is 0 Å². The molecule has 1 rings (SSSR count). The van der Waals surface area contributed by atoms with Crippen LogP contribution in [0, 0.1) is 18.2 Å². The van der Waals surface area contributed by atoms with Crippen LogP contribution in [0.5, 0.6) is 0 Å². The molecule has 0 aliphatic rings. The van der Waals surface area contributed by atoms with E-state index in [-0.39, 0.29) is 18.0 Å². The average Bonchev–Trinajstić information content (AvgIpc) is 2.18. The molecule has 0 bridgehead atoms. The Morgan fingerprint density at radius 1 is 1.50 bits per heavy atom. The van der Waals surface area contributed by atoms with Gasteiger partial charge in [-0.05, 0) is 24.3 Å². The van der Waals surface area contributed by atoms with Gasteiger partial charge in [0.2, 0.25) is 0 Å². The van der Waals surface area contributed by atoms with E-state index in [1.54, 1.807) is 0 Å². The zero-order chi connectivity index (χ0) is 10.6. The van der Waals surface area contributed by atoms with Crippen molar-refractivity contribution in [1.29, 1.82) is 0 Å². The van der Waals surface area contributed by atoms with Crippen LogP contribution in [0.4, 0.5) is 4.39 Å². The molecule has 1 unspecified atom stereocenters. The second-order valence-electron chi connectivity index (χ2n) is 2.89. The summed E-state index contributed by atoms with van der Waals surface area (Å²) in [6, 6.07) is 4.53. The van der Waals surface area contributed by atoms with E-state index in [0.717, 1.165) is 0 Å². The van der Waals surface area contributed by atoms with Gasteiger partial charge in [0.05, 0.1) is 6.04 Å². The van der Waals surface area contributed by atoms with Crippen LogP contribution < -0.4 is 5.73 Å². The standard InChI is InChI=1S/C11H10FNO/c1-2-3-10(13)11(14)8-4-6-9(12)7-5-8/h1,4-7,10H,3,13H2. The van der Waals surface area contributed by atoms with Gasteiger partial charge in [-0.1, -0.05) is 0 Å². The second-order valence-corrected chi connectivity index (χ2v) is 2.89. The van der Waals surface area contributed by atoms with Gasteiger partial charge in [0.25, 0.3) is 0 Å². The number of hydrogen-bond acceptors (Lipinski definition) is 2. The van der Waals surface area contributed by atoms with E-state index in [1.165, 1.54) is 24.3 Å². The fourth-order valence-electron chi connectivity index (χ4n) is 1.05. The summed E-state index contributed by atoms with van der Waals surface area (Å²) in [4.78, 5) is 11.5. The van der Waals surface area contributed by atoms with Gasteiger partial charge in [-0.2, -0.15) is 0 Å². The second kappa shape index (κ2) is 4.54. The van der Waals surface area contributed by atoms with Crippen LogP contribution >= 0.6 is 0 Å². The molecule has 2 nitrogen and oxygen atoms in total. The lowest BCUT2D eigenvalue weighted by atomic mass is 10.0. The Hall–Kier alpha value is -1.66. The number of Topliss-reactive ketones (excluding diaryl/α,β-unsaturated/α-hetero) is 1. The molecule has 0 saturated carbocycles. The average molecular weight is 191 g/mol. The molecule has 0 radical (unpaired) electrons. The fourth-order valence-corrected chi connectivity index (χ4v) is 1.05. The molecule has 0 spiro atoms. The van der Waals surface area contributed by atoms with Crippen molar-refractivity contribution in [3.8, 4) is 12.3 Å². The molecule has 72 valence electrons. The Morgan fingerprint density at radius 2 is 2.07 bits per heavy atom. The molecular formula is C11H10FNO. The van der Waals surface area contributed by atoms with Crippen molar-refractivity contribution in [2.75, 3.05) is 0 Å². The molecule has 1 aromatic carbocycles. The van der Waals surface area contributed by atoms with E-state index in [4.69, 9.17) is 12.2 Å². The smallest absolute Gasteiger partial charge is 0.180 e. The van der Waals surface area contributed by atoms with E-state index in [0.29, 0.717) is 5.56 Å². The fraction of sp³-hybridized carbons (Fsp3) is 0.182. The van der Waals surface area contributed by atoms with Crippen LogP contribution in [-0.2, 0) is 0 Å². The molecule has 0 amide bonds. The van der Waals surface area contributed by atoms with E-state index in [2.05, 4.69) is 5.92 Å². The van der Waals surface area contributed by atoms with Gasteiger partial charge < -0.3 is 5.73 Å². The summed E-state index contributed by atoms with van der Waals surface area (Å²) in [7, 11) is 0. The highest BCUT2D eigenvalue weighted by atomic mass is 19.1. The number of ketones is 1. The minimum Gasteiger partial charge on any atom is -0.320 e. The molecule has 0 heterocycles. The Balaban J connectivity index is 2.80. The van der Waals surface area contributed by atoms with Crippen LogP contribution in [-0.4, -0.2) is 11.8 Å². The molecule has 0 aromatic heterocycles. The number of rotatable bonds is 3. The first-order chi connectivity index (χ1) is 6.65. The van der Waals surface area contributed by atoms with Crippen LogP contribution in [0.15, 0.2) is 24.3 Å². The molecular weight excluding hydrogens is 181 g/mol. The lowest BCUT2D eigenvalue weighted by Crippen LogP contribution is -2.29. The van der Waals surface area contributed by atoms with E-state index in [9.17, 15) is 9.18 Å². The van der Waals surface area contributed by atoms with Gasteiger partial charge >= 0.3 is 0 Å². The van der Waals surface area contributed by atoms with Gasteiger partial charge in [0, 0.05) is 12.0 Å². The van der Waals surface area contributed by atoms with Crippen molar-refractivity contribution < 1.29 is 9.18 Å². The maximum atomic E-state index is 12.5. The van der Waals surface area contributed by atoms with Crippen LogP contribution in [0.1, 0.15) is 16.8 Å². The Kier molecular flexibility index (Phi) is 3.38. The summed E-state index contributed by atoms with van der Waals surface area (Å²) < 4.78 is 12.5. The van der Waals surface area contributed by atoms with Crippen molar-refractivity contribution >= 4 is 5.78 Å². The monoisotopic (exact) mass is 191 g/mol. The number of hydrogen-bond donors (Lipinski definition) is 1. The molecule has 0 fully saturated rings. The van der Waals surface area contributed by atoms with Crippen LogP contribution in [0.3, 0.4) is 0 Å². The summed E-state index contributed by atoms with van der Waals surface area (Å²) in [6.07, 6.45) is 5.22. The van der Waals surface area contributed by atoms with Crippen molar-refractivity contribution in [1.82, 2.24) is 0 Å². The van der Waals surface area contributed by atoms with Gasteiger partial charge in [-0.25, -0.2) is 4.39 Å². The van der Waals surface area contributed by atoms with Gasteiger partial charge in [0.1, 0.15) is 5.82 Å². The first kappa shape index (κ1) is 10.4. The molecule has 1 aromatic rings. The lowest BCUT2D eigenvalue weighted by molar-refractivity contribution is 0.0963. The normalized spacial score (nSPS) is 11.8. The highest BCUT2D eigenvalue weighted by Gasteiger charge is 2.13. The Morgan fingerprint density at radius 3 is 2.57 bits per heavy atom. The van der Waals surface area contributed by atoms with Crippen LogP contribution in [0.2, 0.25) is 0 Å². The predicted octanol–water partition coefficient (Wildman–Crippen LogP) is 1.36. The van der Waals surface area contributed by atoms with Gasteiger partial charge in [-0.3, -0.25) is 4.79 Å². The molecule has 0 aliphatic carbocycles. The van der Waals surface area contributed by atoms with Crippen molar-refractivity contribution in [2.45, 2.75) is 12.5 Å². The Bertz CT molecular complexity index is 364. The minimum atomic E-state index is -0.703. The SMILES string of the molecule is C#CCC(N)C(=O)c1ccc(F)cc1. The van der Waals surface area contributed by atoms with Gasteiger partial charge in [-0.15, -0.1) is 12.3 Å². The zero-order valence-corrected chi connectivity index (χ0v) is 7.53. The zero-order valence-electron chi connectivity index (χ0n) is 7.53. The maximum Gasteiger partial charge on any atom is 0.180 e. The molecule has 0 aliphatic heterocycles. The van der Waals surface area contributed by atoms with Crippen molar-refractivity contribution in [3.63, 3.8) is 0 Å². The summed E-state index contributed by atoms with van der Waals surface area (Å²) in [5, 5.41) is 0. The number of benzene rings is 1. The minimum absolute atomic E-state index is 0.191. The van der Waals surface area contributed by atoms with Crippen molar-refractivity contribution in [2.24, 2.45) is 5.73 Å². The summed E-state index contributed by atoms with van der Waals surface area (Å²) in [5.41, 5.74) is 5.90. The number of nitrogens with two attached hydrogens (primary N) is 1. The molecule has 14 heavy (non-hydrogen) atoms. The third-order valence-electron chi connectivity index (χ3n) is 1.80. The van der Waals surface area contributed by atoms with E-state index >= 15 is 0 Å².